The van der Waals surface area contributed by atoms with Gasteiger partial charge in [0.1, 0.15) is 18.5 Å². The van der Waals surface area contributed by atoms with Crippen molar-refractivity contribution in [2.45, 2.75) is 6.10 Å². The summed E-state index contributed by atoms with van der Waals surface area (Å²) in [6, 6.07) is 15.0. The largest absolute Gasteiger partial charge is 0.490 e. The van der Waals surface area contributed by atoms with Gasteiger partial charge in [-0.15, -0.1) is 12.4 Å². The van der Waals surface area contributed by atoms with E-state index in [0.717, 1.165) is 36.9 Å². The lowest BCUT2D eigenvalue weighted by Gasteiger charge is -2.36. The molecule has 1 aliphatic heterocycles. The highest BCUT2D eigenvalue weighted by Gasteiger charge is 2.20. The molecule has 1 unspecified atom stereocenters. The second-order valence-electron chi connectivity index (χ2n) is 7.87. The number of nitrogens with zero attached hydrogens (tertiary/aromatic N) is 3. The maximum atomic E-state index is 12.4. The lowest BCUT2D eigenvalue weighted by atomic mass is 10.1. The third-order valence-electron chi connectivity index (χ3n) is 5.14. The molecule has 174 valence electrons. The van der Waals surface area contributed by atoms with E-state index in [1.165, 1.54) is 6.08 Å². The second-order valence-corrected chi connectivity index (χ2v) is 8.31. The van der Waals surface area contributed by atoms with Gasteiger partial charge in [0.25, 0.3) is 0 Å². The zero-order valence-corrected chi connectivity index (χ0v) is 20.1. The first kappa shape index (κ1) is 26.0. The zero-order chi connectivity index (χ0) is 22.2. The zero-order valence-electron chi connectivity index (χ0n) is 18.5. The lowest BCUT2D eigenvalue weighted by Crippen LogP contribution is -2.49. The highest BCUT2D eigenvalue weighted by atomic mass is 35.5. The molecule has 0 aliphatic carbocycles. The molecule has 1 atom stereocenters. The predicted octanol–water partition coefficient (Wildman–Crippen LogP) is 3.58. The minimum absolute atomic E-state index is 0. The van der Waals surface area contributed by atoms with Gasteiger partial charge < -0.3 is 19.6 Å². The molecule has 32 heavy (non-hydrogen) atoms. The minimum atomic E-state index is -0.637. The van der Waals surface area contributed by atoms with Crippen LogP contribution in [0, 0.1) is 0 Å². The number of hydrogen-bond donors (Lipinski definition) is 1. The van der Waals surface area contributed by atoms with Crippen molar-refractivity contribution in [1.29, 1.82) is 0 Å². The van der Waals surface area contributed by atoms with Crippen LogP contribution < -0.4 is 9.64 Å². The Kier molecular flexibility index (Phi) is 10.3. The van der Waals surface area contributed by atoms with Crippen LogP contribution in [0.3, 0.4) is 0 Å². The summed E-state index contributed by atoms with van der Waals surface area (Å²) in [7, 11) is 3.72. The van der Waals surface area contributed by atoms with Crippen LogP contribution in [-0.4, -0.2) is 80.2 Å². The van der Waals surface area contributed by atoms with Crippen molar-refractivity contribution in [3.63, 3.8) is 0 Å². The second kappa shape index (κ2) is 12.7. The summed E-state index contributed by atoms with van der Waals surface area (Å²) in [5.41, 5.74) is 1.65. The number of hydrogen-bond acceptors (Lipinski definition) is 6. The van der Waals surface area contributed by atoms with Crippen LogP contribution in [0.1, 0.15) is 10.4 Å². The molecule has 2 aromatic carbocycles. The van der Waals surface area contributed by atoms with Crippen LogP contribution in [-0.2, 0) is 0 Å². The standard InChI is InChI=1S/C24H30ClN3O3.ClH/c1-26(2)12-11-23(30)22-5-3-4-6-24(22)31-18-21(29)17-27-13-15-28(16-14-27)20-9-7-19(25)8-10-20;/h3-12,21,29H,13-18H2,1-2H3;1H. The quantitative estimate of drug-likeness (QED) is 0.438. The van der Waals surface area contributed by atoms with E-state index in [9.17, 15) is 9.90 Å². The molecule has 1 aliphatic rings. The van der Waals surface area contributed by atoms with Crippen molar-refractivity contribution in [1.82, 2.24) is 9.80 Å². The molecule has 3 rings (SSSR count). The Morgan fingerprint density at radius 2 is 1.78 bits per heavy atom. The van der Waals surface area contributed by atoms with Crippen molar-refractivity contribution in [2.24, 2.45) is 0 Å². The van der Waals surface area contributed by atoms with Gasteiger partial charge in [0, 0.05) is 69.8 Å². The molecular weight excluding hydrogens is 449 g/mol. The number of aliphatic hydroxyl groups excluding tert-OH is 1. The summed E-state index contributed by atoms with van der Waals surface area (Å²) in [6.07, 6.45) is 2.58. The van der Waals surface area contributed by atoms with Crippen LogP contribution in [0.15, 0.2) is 60.8 Å². The van der Waals surface area contributed by atoms with Gasteiger partial charge in [-0.25, -0.2) is 0 Å². The molecule has 1 saturated heterocycles. The van der Waals surface area contributed by atoms with Gasteiger partial charge in [-0.1, -0.05) is 23.7 Å². The number of allylic oxidation sites excluding steroid dienone is 1. The SMILES string of the molecule is CN(C)C=CC(=O)c1ccccc1OCC(O)CN1CCN(c2ccc(Cl)cc2)CC1.Cl. The normalized spacial score (nSPS) is 15.3. The number of aliphatic hydroxyl groups is 1. The van der Waals surface area contributed by atoms with Gasteiger partial charge in [-0.2, -0.15) is 0 Å². The van der Waals surface area contributed by atoms with Crippen LogP contribution in [0.4, 0.5) is 5.69 Å². The molecule has 0 aromatic heterocycles. The van der Waals surface area contributed by atoms with Crippen LogP contribution in [0.25, 0.3) is 0 Å². The van der Waals surface area contributed by atoms with E-state index in [1.807, 2.05) is 44.4 Å². The first-order valence-electron chi connectivity index (χ1n) is 10.4. The van der Waals surface area contributed by atoms with Crippen molar-refractivity contribution >= 4 is 35.5 Å². The Hall–Kier alpha value is -2.25. The van der Waals surface area contributed by atoms with Crippen molar-refractivity contribution in [3.05, 3.63) is 71.4 Å². The van der Waals surface area contributed by atoms with E-state index < -0.39 is 6.10 Å². The van der Waals surface area contributed by atoms with Gasteiger partial charge >= 0.3 is 0 Å². The maximum absolute atomic E-state index is 12.4. The predicted molar refractivity (Wildman–Crippen MR) is 132 cm³/mol. The fourth-order valence-corrected chi connectivity index (χ4v) is 3.61. The number of ketones is 1. The summed E-state index contributed by atoms with van der Waals surface area (Å²) in [4.78, 5) is 18.8. The highest BCUT2D eigenvalue weighted by Crippen LogP contribution is 2.21. The summed E-state index contributed by atoms with van der Waals surface area (Å²) in [6.45, 7) is 4.19. The first-order valence-corrected chi connectivity index (χ1v) is 10.8. The van der Waals surface area contributed by atoms with Gasteiger partial charge in [0.15, 0.2) is 5.78 Å². The number of carbonyl (C=O) groups excluding carboxylic acids is 1. The van der Waals surface area contributed by atoms with E-state index >= 15 is 0 Å². The number of carbonyl (C=O) groups is 1. The molecule has 0 saturated carbocycles. The minimum Gasteiger partial charge on any atom is -0.490 e. The highest BCUT2D eigenvalue weighted by molar-refractivity contribution is 6.30. The van der Waals surface area contributed by atoms with Crippen molar-refractivity contribution in [2.75, 3.05) is 58.3 Å². The number of para-hydroxylation sites is 1. The Balaban J connectivity index is 0.00000363. The number of β-amino-alcohol motifs (C(OH)–C–C–N with tert-alkyl or cyclic N) is 1. The Bertz CT molecular complexity index is 882. The number of benzene rings is 2. The average molecular weight is 480 g/mol. The number of halogens is 2. The van der Waals surface area contributed by atoms with E-state index in [-0.39, 0.29) is 24.8 Å². The fourth-order valence-electron chi connectivity index (χ4n) is 3.48. The number of piperazine rings is 1. The summed E-state index contributed by atoms with van der Waals surface area (Å²) >= 11 is 5.97. The molecule has 1 fully saturated rings. The van der Waals surface area contributed by atoms with Crippen LogP contribution in [0.2, 0.25) is 5.02 Å². The fraction of sp³-hybridized carbons (Fsp3) is 0.375. The van der Waals surface area contributed by atoms with Crippen molar-refractivity contribution < 1.29 is 14.6 Å². The number of ether oxygens (including phenoxy) is 1. The summed E-state index contributed by atoms with van der Waals surface area (Å²) < 4.78 is 5.80. The number of rotatable bonds is 9. The third-order valence-corrected chi connectivity index (χ3v) is 5.39. The maximum Gasteiger partial charge on any atom is 0.191 e. The summed E-state index contributed by atoms with van der Waals surface area (Å²) in [5, 5.41) is 11.2. The van der Waals surface area contributed by atoms with E-state index in [2.05, 4.69) is 9.80 Å². The van der Waals surface area contributed by atoms with E-state index in [1.54, 1.807) is 29.3 Å². The van der Waals surface area contributed by atoms with Crippen LogP contribution >= 0.6 is 24.0 Å². The molecule has 2 aromatic rings. The monoisotopic (exact) mass is 479 g/mol. The third kappa shape index (κ3) is 7.71. The molecule has 1 heterocycles. The van der Waals surface area contributed by atoms with Gasteiger partial charge in [0.05, 0.1) is 5.56 Å². The molecule has 0 bridgehead atoms. The van der Waals surface area contributed by atoms with Gasteiger partial charge in [0.2, 0.25) is 0 Å². The summed E-state index contributed by atoms with van der Waals surface area (Å²) in [5.74, 6) is 0.361. The Labute approximate surface area is 201 Å². The molecule has 0 amide bonds. The Morgan fingerprint density at radius 3 is 2.44 bits per heavy atom. The van der Waals surface area contributed by atoms with E-state index in [0.29, 0.717) is 17.9 Å². The molecule has 0 radical (unpaired) electrons. The lowest BCUT2D eigenvalue weighted by molar-refractivity contribution is 0.0657. The molecule has 6 nitrogen and oxygen atoms in total. The van der Waals surface area contributed by atoms with Crippen molar-refractivity contribution in [3.8, 4) is 5.75 Å². The first-order chi connectivity index (χ1) is 14.9. The molecule has 8 heteroatoms. The molecule has 0 spiro atoms. The molecule has 1 N–H and O–H groups in total. The number of anilines is 1. The topological polar surface area (TPSA) is 56.3 Å². The smallest absolute Gasteiger partial charge is 0.191 e. The van der Waals surface area contributed by atoms with Gasteiger partial charge in [-0.3, -0.25) is 9.69 Å². The van der Waals surface area contributed by atoms with Gasteiger partial charge in [-0.05, 0) is 36.4 Å². The average Bonchev–Trinajstić information content (AvgIpc) is 2.77. The van der Waals surface area contributed by atoms with Crippen LogP contribution in [0.5, 0.6) is 5.75 Å². The molecular formula is C24H31Cl2N3O3. The van der Waals surface area contributed by atoms with E-state index in [4.69, 9.17) is 16.3 Å². The Morgan fingerprint density at radius 1 is 1.12 bits per heavy atom.